The molecule has 0 radical (unpaired) electrons. The van der Waals surface area contributed by atoms with Crippen molar-refractivity contribution in [3.05, 3.63) is 0 Å². The molecule has 0 fully saturated rings. The summed E-state index contributed by atoms with van der Waals surface area (Å²) in [7, 11) is 0. The summed E-state index contributed by atoms with van der Waals surface area (Å²) in [6.45, 7) is 0.187. The standard InChI is InChI=1S/C8H17N3O3/c9-4-2-1-3-6(10)8(14)11-5-7(12)13/h6H,1-5,9-10H2,(H,11,14)(H,12,13)/t6-/m1/s1. The van der Waals surface area contributed by atoms with Gasteiger partial charge in [-0.15, -0.1) is 0 Å². The maximum Gasteiger partial charge on any atom is 0.322 e. The maximum atomic E-state index is 11.1. The molecule has 0 aliphatic rings. The third-order valence-electron chi connectivity index (χ3n) is 1.72. The van der Waals surface area contributed by atoms with E-state index in [9.17, 15) is 9.59 Å². The van der Waals surface area contributed by atoms with Crippen LogP contribution < -0.4 is 16.8 Å². The van der Waals surface area contributed by atoms with E-state index in [1.165, 1.54) is 0 Å². The zero-order valence-corrected chi connectivity index (χ0v) is 8.03. The second-order valence-electron chi connectivity index (χ2n) is 3.00. The first-order chi connectivity index (χ1) is 6.57. The highest BCUT2D eigenvalue weighted by atomic mass is 16.4. The molecule has 0 aromatic heterocycles. The minimum absolute atomic E-state index is 0.385. The zero-order valence-electron chi connectivity index (χ0n) is 8.03. The number of amides is 1. The summed E-state index contributed by atoms with van der Waals surface area (Å²) < 4.78 is 0. The van der Waals surface area contributed by atoms with Gasteiger partial charge in [-0.25, -0.2) is 0 Å². The third kappa shape index (κ3) is 6.38. The summed E-state index contributed by atoms with van der Waals surface area (Å²) in [5.41, 5.74) is 10.8. The van der Waals surface area contributed by atoms with Crippen LogP contribution in [0.5, 0.6) is 0 Å². The van der Waals surface area contributed by atoms with Crippen LogP contribution in [0.3, 0.4) is 0 Å². The molecule has 0 aromatic rings. The first kappa shape index (κ1) is 12.9. The van der Waals surface area contributed by atoms with E-state index in [0.29, 0.717) is 13.0 Å². The van der Waals surface area contributed by atoms with Gasteiger partial charge in [0.2, 0.25) is 5.91 Å². The highest BCUT2D eigenvalue weighted by molar-refractivity contribution is 5.84. The average molecular weight is 203 g/mol. The molecule has 0 heterocycles. The topological polar surface area (TPSA) is 118 Å². The fraction of sp³-hybridized carbons (Fsp3) is 0.750. The van der Waals surface area contributed by atoms with Crippen molar-refractivity contribution in [3.63, 3.8) is 0 Å². The van der Waals surface area contributed by atoms with Crippen LogP contribution in [0.1, 0.15) is 19.3 Å². The van der Waals surface area contributed by atoms with E-state index in [4.69, 9.17) is 16.6 Å². The van der Waals surface area contributed by atoms with Crippen molar-refractivity contribution >= 4 is 11.9 Å². The predicted octanol–water partition coefficient (Wildman–Crippen LogP) is -1.36. The van der Waals surface area contributed by atoms with Crippen LogP contribution in [0.25, 0.3) is 0 Å². The van der Waals surface area contributed by atoms with E-state index in [1.54, 1.807) is 0 Å². The Balaban J connectivity index is 3.59. The van der Waals surface area contributed by atoms with E-state index in [0.717, 1.165) is 12.8 Å². The first-order valence-electron chi connectivity index (χ1n) is 4.53. The van der Waals surface area contributed by atoms with E-state index in [1.807, 2.05) is 0 Å². The summed E-state index contributed by atoms with van der Waals surface area (Å²) in [4.78, 5) is 21.2. The van der Waals surface area contributed by atoms with Gasteiger partial charge in [-0.3, -0.25) is 9.59 Å². The Morgan fingerprint density at radius 3 is 2.50 bits per heavy atom. The minimum atomic E-state index is -1.08. The summed E-state index contributed by atoms with van der Waals surface area (Å²) in [6.07, 6.45) is 2.13. The van der Waals surface area contributed by atoms with Crippen molar-refractivity contribution in [2.24, 2.45) is 11.5 Å². The van der Waals surface area contributed by atoms with Gasteiger partial charge in [0.25, 0.3) is 0 Å². The minimum Gasteiger partial charge on any atom is -0.480 e. The van der Waals surface area contributed by atoms with E-state index < -0.39 is 17.9 Å². The highest BCUT2D eigenvalue weighted by Crippen LogP contribution is 1.97. The predicted molar refractivity (Wildman–Crippen MR) is 51.5 cm³/mol. The van der Waals surface area contributed by atoms with Gasteiger partial charge in [0, 0.05) is 0 Å². The molecule has 1 atom stereocenters. The number of aliphatic carboxylic acids is 1. The molecule has 6 heteroatoms. The monoisotopic (exact) mass is 203 g/mol. The van der Waals surface area contributed by atoms with Gasteiger partial charge < -0.3 is 21.9 Å². The second-order valence-corrected chi connectivity index (χ2v) is 3.00. The molecule has 0 aliphatic carbocycles. The van der Waals surface area contributed by atoms with Crippen molar-refractivity contribution in [1.82, 2.24) is 5.32 Å². The molecule has 0 spiro atoms. The average Bonchev–Trinajstić information content (AvgIpc) is 2.14. The molecule has 0 saturated heterocycles. The molecule has 0 saturated carbocycles. The largest absolute Gasteiger partial charge is 0.480 e. The molecule has 82 valence electrons. The molecule has 6 N–H and O–H groups in total. The smallest absolute Gasteiger partial charge is 0.322 e. The molecule has 0 bridgehead atoms. The summed E-state index contributed by atoms with van der Waals surface area (Å²) in [5.74, 6) is -1.50. The van der Waals surface area contributed by atoms with Crippen LogP contribution in [0, 0.1) is 0 Å². The Morgan fingerprint density at radius 2 is 2.00 bits per heavy atom. The lowest BCUT2D eigenvalue weighted by atomic mass is 10.1. The number of unbranched alkanes of at least 4 members (excludes halogenated alkanes) is 1. The van der Waals surface area contributed by atoms with Crippen LogP contribution in [0.4, 0.5) is 0 Å². The summed E-state index contributed by atoms with van der Waals surface area (Å²) >= 11 is 0. The van der Waals surface area contributed by atoms with Crippen molar-refractivity contribution in [1.29, 1.82) is 0 Å². The fourth-order valence-electron chi connectivity index (χ4n) is 0.934. The molecule has 14 heavy (non-hydrogen) atoms. The lowest BCUT2D eigenvalue weighted by molar-refractivity contribution is -0.138. The van der Waals surface area contributed by atoms with Crippen LogP contribution in [-0.2, 0) is 9.59 Å². The van der Waals surface area contributed by atoms with Crippen LogP contribution in [-0.4, -0.2) is 36.1 Å². The number of hydrogen-bond donors (Lipinski definition) is 4. The Morgan fingerprint density at radius 1 is 1.36 bits per heavy atom. The fourth-order valence-corrected chi connectivity index (χ4v) is 0.934. The van der Waals surface area contributed by atoms with Gasteiger partial charge in [-0.1, -0.05) is 6.42 Å². The molecular formula is C8H17N3O3. The number of carboxylic acid groups (broad SMARTS) is 1. The maximum absolute atomic E-state index is 11.1. The van der Waals surface area contributed by atoms with Gasteiger partial charge in [-0.2, -0.15) is 0 Å². The normalized spacial score (nSPS) is 12.1. The van der Waals surface area contributed by atoms with Gasteiger partial charge in [-0.05, 0) is 19.4 Å². The van der Waals surface area contributed by atoms with Gasteiger partial charge in [0.1, 0.15) is 6.54 Å². The molecule has 0 unspecified atom stereocenters. The number of carbonyl (C=O) groups is 2. The van der Waals surface area contributed by atoms with E-state index in [2.05, 4.69) is 5.32 Å². The van der Waals surface area contributed by atoms with Crippen molar-refractivity contribution in [3.8, 4) is 0 Å². The molecular weight excluding hydrogens is 186 g/mol. The molecule has 6 nitrogen and oxygen atoms in total. The van der Waals surface area contributed by atoms with Crippen LogP contribution >= 0.6 is 0 Å². The number of carboxylic acids is 1. The van der Waals surface area contributed by atoms with Crippen molar-refractivity contribution < 1.29 is 14.7 Å². The lowest BCUT2D eigenvalue weighted by Crippen LogP contribution is -2.42. The zero-order chi connectivity index (χ0) is 11.0. The number of nitrogens with two attached hydrogens (primary N) is 2. The second kappa shape index (κ2) is 7.28. The number of carbonyl (C=O) groups excluding carboxylic acids is 1. The Bertz CT molecular complexity index is 196. The summed E-state index contributed by atoms with van der Waals surface area (Å²) in [6, 6.07) is -0.638. The quantitative estimate of drug-likeness (QED) is 0.381. The third-order valence-corrected chi connectivity index (χ3v) is 1.72. The first-order valence-corrected chi connectivity index (χ1v) is 4.53. The van der Waals surface area contributed by atoms with Gasteiger partial charge in [0.05, 0.1) is 6.04 Å². The Kier molecular flexibility index (Phi) is 6.69. The van der Waals surface area contributed by atoms with Crippen molar-refractivity contribution in [2.45, 2.75) is 25.3 Å². The lowest BCUT2D eigenvalue weighted by Gasteiger charge is -2.10. The summed E-state index contributed by atoms with van der Waals surface area (Å²) in [5, 5.41) is 10.5. The van der Waals surface area contributed by atoms with Crippen LogP contribution in [0.15, 0.2) is 0 Å². The van der Waals surface area contributed by atoms with Gasteiger partial charge >= 0.3 is 5.97 Å². The van der Waals surface area contributed by atoms with Crippen LogP contribution in [0.2, 0.25) is 0 Å². The Labute approximate surface area is 82.6 Å². The molecule has 0 aliphatic heterocycles. The number of hydrogen-bond acceptors (Lipinski definition) is 4. The molecule has 0 rings (SSSR count). The molecule has 0 aromatic carbocycles. The number of nitrogens with one attached hydrogen (secondary N) is 1. The highest BCUT2D eigenvalue weighted by Gasteiger charge is 2.12. The van der Waals surface area contributed by atoms with E-state index >= 15 is 0 Å². The number of rotatable bonds is 7. The molecule has 1 amide bonds. The van der Waals surface area contributed by atoms with Crippen molar-refractivity contribution in [2.75, 3.05) is 13.1 Å². The van der Waals surface area contributed by atoms with E-state index in [-0.39, 0.29) is 6.54 Å². The van der Waals surface area contributed by atoms with Gasteiger partial charge in [0.15, 0.2) is 0 Å². The Hall–Kier alpha value is -1.14. The SMILES string of the molecule is NCCCC[C@@H](N)C(=O)NCC(=O)O.